The molecule has 9 nitrogen and oxygen atoms in total. The predicted octanol–water partition coefficient (Wildman–Crippen LogP) is 2.10. The maximum Gasteiger partial charge on any atom is 0.317 e. The minimum Gasteiger partial charge on any atom is -0.480 e. The molecule has 1 aromatic rings. The molecule has 0 aromatic heterocycles. The second-order valence-corrected chi connectivity index (χ2v) is 9.95. The lowest BCUT2D eigenvalue weighted by molar-refractivity contribution is -0.140. The molecule has 5 atom stereocenters. The number of hydrazone groups is 1. The van der Waals surface area contributed by atoms with Crippen molar-refractivity contribution < 1.29 is 19.5 Å². The second-order valence-electron chi connectivity index (χ2n) is 9.95. The molecule has 34 heavy (non-hydrogen) atoms. The first-order valence-corrected chi connectivity index (χ1v) is 12.2. The molecule has 0 bridgehead atoms. The molecule has 0 radical (unpaired) electrons. The van der Waals surface area contributed by atoms with Crippen LogP contribution in [-0.2, 0) is 14.4 Å². The molecule has 5 unspecified atom stereocenters. The van der Waals surface area contributed by atoms with Gasteiger partial charge in [0.2, 0.25) is 0 Å². The highest BCUT2D eigenvalue weighted by atomic mass is 16.6. The fourth-order valence-electron chi connectivity index (χ4n) is 5.22. The van der Waals surface area contributed by atoms with Gasteiger partial charge in [0.1, 0.15) is 6.10 Å². The molecule has 3 aliphatic heterocycles. The number of hydrogen-bond donors (Lipinski definition) is 1. The van der Waals surface area contributed by atoms with Gasteiger partial charge >= 0.3 is 5.97 Å². The van der Waals surface area contributed by atoms with E-state index in [0.717, 1.165) is 56.0 Å². The van der Waals surface area contributed by atoms with Gasteiger partial charge < -0.3 is 14.7 Å². The van der Waals surface area contributed by atoms with E-state index in [2.05, 4.69) is 77.0 Å². The van der Waals surface area contributed by atoms with Crippen LogP contribution in [0.25, 0.3) is 0 Å². The first-order valence-electron chi connectivity index (χ1n) is 12.2. The summed E-state index contributed by atoms with van der Waals surface area (Å²) in [6, 6.07) is 8.66. The number of hydrogen-bond acceptors (Lipinski definition) is 8. The van der Waals surface area contributed by atoms with Crippen molar-refractivity contribution in [1.29, 1.82) is 0 Å². The third kappa shape index (κ3) is 6.34. The molecule has 0 spiro atoms. The van der Waals surface area contributed by atoms with Crippen LogP contribution in [0.4, 0.5) is 0 Å². The molecule has 0 saturated carbocycles. The third-order valence-corrected chi connectivity index (χ3v) is 6.70. The Labute approximate surface area is 202 Å². The molecule has 1 aromatic carbocycles. The predicted molar refractivity (Wildman–Crippen MR) is 131 cm³/mol. The van der Waals surface area contributed by atoms with Gasteiger partial charge in [-0.2, -0.15) is 5.10 Å². The Hall–Kier alpha value is -2.49. The topological polar surface area (TPSA) is 90.2 Å². The van der Waals surface area contributed by atoms with Gasteiger partial charge in [0.15, 0.2) is 0 Å². The zero-order chi connectivity index (χ0) is 24.2. The highest BCUT2D eigenvalue weighted by Gasteiger charge is 2.33. The third-order valence-electron chi connectivity index (χ3n) is 6.70. The average molecular weight is 472 g/mol. The van der Waals surface area contributed by atoms with Crippen molar-refractivity contribution >= 4 is 17.9 Å². The van der Waals surface area contributed by atoms with E-state index < -0.39 is 5.97 Å². The molecular formula is C25H37N5O4. The number of carboxylic acids is 1. The van der Waals surface area contributed by atoms with Gasteiger partial charge in [0.25, 0.3) is 0 Å². The van der Waals surface area contributed by atoms with Crippen molar-refractivity contribution in [3.63, 3.8) is 0 Å². The maximum atomic E-state index is 11.1. The number of morpholine rings is 1. The summed E-state index contributed by atoms with van der Waals surface area (Å²) < 4.78 is 5.76. The minimum absolute atomic E-state index is 0.0203. The number of carboxylic acid groups (broad SMARTS) is 1. The number of oxime groups is 1. The Morgan fingerprint density at radius 2 is 1.74 bits per heavy atom. The largest absolute Gasteiger partial charge is 0.480 e. The van der Waals surface area contributed by atoms with Crippen LogP contribution in [0.15, 0.2) is 34.5 Å². The molecule has 2 saturated heterocycles. The van der Waals surface area contributed by atoms with Gasteiger partial charge in [-0.3, -0.25) is 19.6 Å². The highest BCUT2D eigenvalue weighted by molar-refractivity contribution is 6.01. The Bertz CT molecular complexity index is 883. The second kappa shape index (κ2) is 10.8. The summed E-state index contributed by atoms with van der Waals surface area (Å²) in [6.07, 6.45) is 3.08. The lowest BCUT2D eigenvalue weighted by Crippen LogP contribution is -2.58. The quantitative estimate of drug-likeness (QED) is 0.609. The molecule has 3 heterocycles. The van der Waals surface area contributed by atoms with Gasteiger partial charge in [-0.25, -0.2) is 0 Å². The normalized spacial score (nSPS) is 31.0. The van der Waals surface area contributed by atoms with Crippen LogP contribution in [0.5, 0.6) is 0 Å². The SMILES string of the molecule is CC1CN(N=Cc2ccc(C3=NOC(CN4CC(C)N(CC(=O)O)C(C)C4)C3)cc2)CC(C)O1. The van der Waals surface area contributed by atoms with Crippen LogP contribution in [-0.4, -0.2) is 107 Å². The number of ether oxygens (including phenoxy) is 1. The van der Waals surface area contributed by atoms with Crippen LogP contribution >= 0.6 is 0 Å². The first kappa shape index (κ1) is 24.6. The molecule has 0 aliphatic carbocycles. The molecular weight excluding hydrogens is 434 g/mol. The van der Waals surface area contributed by atoms with Crippen molar-refractivity contribution in [2.24, 2.45) is 10.3 Å². The van der Waals surface area contributed by atoms with E-state index in [1.54, 1.807) is 0 Å². The van der Waals surface area contributed by atoms with Crippen LogP contribution in [0.3, 0.4) is 0 Å². The number of rotatable bonds is 7. The lowest BCUT2D eigenvalue weighted by atomic mass is 10.0. The molecule has 9 heteroatoms. The van der Waals surface area contributed by atoms with Crippen molar-refractivity contribution in [2.75, 3.05) is 39.3 Å². The Balaban J connectivity index is 1.26. The van der Waals surface area contributed by atoms with Gasteiger partial charge in [-0.1, -0.05) is 29.4 Å². The monoisotopic (exact) mass is 471 g/mol. The molecule has 4 rings (SSSR count). The molecule has 3 aliphatic rings. The molecule has 2 fully saturated rings. The first-order chi connectivity index (χ1) is 16.3. The number of carbonyl (C=O) groups is 1. The van der Waals surface area contributed by atoms with E-state index in [4.69, 9.17) is 14.7 Å². The van der Waals surface area contributed by atoms with Crippen molar-refractivity contribution in [3.05, 3.63) is 35.4 Å². The summed E-state index contributed by atoms with van der Waals surface area (Å²) in [5, 5.41) is 20.2. The standard InChI is InChI=1S/C25H37N5O4/c1-17-11-28(12-18(2)30(17)16-25(31)32)15-23-9-24(27-34-23)22-7-5-21(6-8-22)10-26-29-13-19(3)33-20(4)14-29/h5-8,10,17-20,23H,9,11-16H2,1-4H3,(H,31,32). The van der Waals surface area contributed by atoms with E-state index in [9.17, 15) is 4.79 Å². The minimum atomic E-state index is -0.771. The Morgan fingerprint density at radius 3 is 2.35 bits per heavy atom. The van der Waals surface area contributed by atoms with Crippen LogP contribution < -0.4 is 0 Å². The summed E-state index contributed by atoms with van der Waals surface area (Å²) in [6.45, 7) is 12.5. The zero-order valence-electron chi connectivity index (χ0n) is 20.6. The molecule has 0 amide bonds. The van der Waals surface area contributed by atoms with E-state index in [-0.39, 0.29) is 36.9 Å². The fourth-order valence-corrected chi connectivity index (χ4v) is 5.22. The number of nitrogens with zero attached hydrogens (tertiary/aromatic N) is 5. The summed E-state index contributed by atoms with van der Waals surface area (Å²) >= 11 is 0. The van der Waals surface area contributed by atoms with Crippen molar-refractivity contribution in [3.8, 4) is 0 Å². The van der Waals surface area contributed by atoms with E-state index in [1.807, 2.05) is 6.21 Å². The molecule has 1 N–H and O–H groups in total. The van der Waals surface area contributed by atoms with E-state index >= 15 is 0 Å². The number of piperazine rings is 1. The lowest BCUT2D eigenvalue weighted by Gasteiger charge is -2.44. The summed E-state index contributed by atoms with van der Waals surface area (Å²) in [7, 11) is 0. The summed E-state index contributed by atoms with van der Waals surface area (Å²) in [4.78, 5) is 21.3. The van der Waals surface area contributed by atoms with Crippen LogP contribution in [0.1, 0.15) is 45.2 Å². The Morgan fingerprint density at radius 1 is 1.09 bits per heavy atom. The van der Waals surface area contributed by atoms with Crippen LogP contribution in [0.2, 0.25) is 0 Å². The fraction of sp³-hybridized carbons (Fsp3) is 0.640. The number of aliphatic carboxylic acids is 1. The van der Waals surface area contributed by atoms with Crippen molar-refractivity contribution in [1.82, 2.24) is 14.8 Å². The highest BCUT2D eigenvalue weighted by Crippen LogP contribution is 2.21. The van der Waals surface area contributed by atoms with Gasteiger partial charge in [-0.15, -0.1) is 0 Å². The van der Waals surface area contributed by atoms with E-state index in [0.29, 0.717) is 0 Å². The zero-order valence-corrected chi connectivity index (χ0v) is 20.6. The smallest absolute Gasteiger partial charge is 0.317 e. The van der Waals surface area contributed by atoms with Crippen molar-refractivity contribution in [2.45, 2.75) is 64.5 Å². The average Bonchev–Trinajstić information content (AvgIpc) is 3.23. The Kier molecular flexibility index (Phi) is 7.85. The molecule has 186 valence electrons. The van der Waals surface area contributed by atoms with Crippen LogP contribution in [0, 0.1) is 0 Å². The summed E-state index contributed by atoms with van der Waals surface area (Å²) in [5.41, 5.74) is 3.09. The van der Waals surface area contributed by atoms with Gasteiger partial charge in [0.05, 0.1) is 43.8 Å². The summed E-state index contributed by atoms with van der Waals surface area (Å²) in [5.74, 6) is -0.771. The van der Waals surface area contributed by atoms with Gasteiger partial charge in [0, 0.05) is 38.1 Å². The van der Waals surface area contributed by atoms with Gasteiger partial charge in [-0.05, 0) is 38.8 Å². The maximum absolute atomic E-state index is 11.1. The number of benzene rings is 1. The van der Waals surface area contributed by atoms with E-state index in [1.165, 1.54) is 0 Å².